The fourth-order valence-electron chi connectivity index (χ4n) is 3.16. The Balaban J connectivity index is 1.94. The Morgan fingerprint density at radius 1 is 1.25 bits per heavy atom. The molecule has 1 saturated heterocycles. The summed E-state index contributed by atoms with van der Waals surface area (Å²) in [7, 11) is 0. The maximum absolute atomic E-state index is 12.8. The Morgan fingerprint density at radius 3 is 2.50 bits per heavy atom. The van der Waals surface area contributed by atoms with Crippen LogP contribution in [-0.4, -0.2) is 35.3 Å². The van der Waals surface area contributed by atoms with Gasteiger partial charge in [0.05, 0.1) is 11.5 Å². The second-order valence-corrected chi connectivity index (χ2v) is 6.13. The van der Waals surface area contributed by atoms with Crippen molar-refractivity contribution in [3.63, 3.8) is 0 Å². The molecule has 1 aliphatic rings. The predicted octanol–water partition coefficient (Wildman–Crippen LogP) is 4.02. The van der Waals surface area contributed by atoms with Crippen LogP contribution in [0.5, 0.6) is 0 Å². The van der Waals surface area contributed by atoms with Gasteiger partial charge in [0.25, 0.3) is 0 Å². The summed E-state index contributed by atoms with van der Waals surface area (Å²) in [4.78, 5) is 17.5. The summed E-state index contributed by atoms with van der Waals surface area (Å²) in [5.74, 6) is -1.65. The van der Waals surface area contributed by atoms with E-state index in [1.807, 2.05) is 4.90 Å². The number of hydrogen-bond acceptors (Lipinski definition) is 3. The van der Waals surface area contributed by atoms with Crippen LogP contribution in [0.25, 0.3) is 10.8 Å². The Hall–Kier alpha value is -2.31. The Labute approximate surface area is 136 Å². The number of halogens is 3. The highest BCUT2D eigenvalue weighted by Gasteiger charge is 2.41. The number of pyridine rings is 1. The fourth-order valence-corrected chi connectivity index (χ4v) is 3.16. The van der Waals surface area contributed by atoms with Gasteiger partial charge in [0.1, 0.15) is 5.82 Å². The van der Waals surface area contributed by atoms with Crippen LogP contribution in [0.3, 0.4) is 0 Å². The number of hydrogen-bond donors (Lipinski definition) is 1. The monoisotopic (exact) mass is 338 g/mol. The molecule has 0 spiro atoms. The summed E-state index contributed by atoms with van der Waals surface area (Å²) in [6, 6.07) is 6.52. The molecule has 1 aromatic carbocycles. The molecule has 0 atom stereocenters. The summed E-state index contributed by atoms with van der Waals surface area (Å²) < 4.78 is 38.5. The average molecular weight is 338 g/mol. The van der Waals surface area contributed by atoms with Crippen molar-refractivity contribution < 1.29 is 23.1 Å². The number of carboxylic acid groups (broad SMARTS) is 1. The van der Waals surface area contributed by atoms with Crippen LogP contribution in [0, 0.1) is 12.8 Å². The first-order chi connectivity index (χ1) is 11.3. The third-order valence-electron chi connectivity index (χ3n) is 4.44. The molecule has 0 saturated carbocycles. The highest BCUT2D eigenvalue weighted by molar-refractivity contribution is 5.98. The van der Waals surface area contributed by atoms with Crippen LogP contribution in [0.1, 0.15) is 28.9 Å². The van der Waals surface area contributed by atoms with E-state index in [0.29, 0.717) is 11.5 Å². The summed E-state index contributed by atoms with van der Waals surface area (Å²) in [6.45, 7) is 2.37. The Kier molecular flexibility index (Phi) is 4.11. The first-order valence-corrected chi connectivity index (χ1v) is 7.72. The molecule has 0 radical (unpaired) electrons. The minimum atomic E-state index is -4.15. The number of nitrogens with zero attached hydrogens (tertiary/aromatic N) is 2. The molecule has 3 rings (SSSR count). The lowest BCUT2D eigenvalue weighted by molar-refractivity contribution is -0.179. The van der Waals surface area contributed by atoms with Crippen molar-refractivity contribution in [2.24, 2.45) is 5.92 Å². The number of benzene rings is 1. The van der Waals surface area contributed by atoms with E-state index in [9.17, 15) is 18.0 Å². The molecule has 4 nitrogen and oxygen atoms in total. The van der Waals surface area contributed by atoms with Gasteiger partial charge in [-0.2, -0.15) is 13.2 Å². The third kappa shape index (κ3) is 3.16. The molecule has 24 heavy (non-hydrogen) atoms. The van der Waals surface area contributed by atoms with Crippen LogP contribution in [-0.2, 0) is 0 Å². The molecule has 0 bridgehead atoms. The van der Waals surface area contributed by atoms with E-state index >= 15 is 0 Å². The fraction of sp³-hybridized carbons (Fsp3) is 0.412. The maximum atomic E-state index is 12.8. The van der Waals surface area contributed by atoms with Crippen molar-refractivity contribution >= 4 is 22.6 Å². The molecule has 1 N–H and O–H groups in total. The predicted molar refractivity (Wildman–Crippen MR) is 84.4 cm³/mol. The van der Waals surface area contributed by atoms with Gasteiger partial charge in [0.2, 0.25) is 0 Å². The van der Waals surface area contributed by atoms with Crippen molar-refractivity contribution in [3.05, 3.63) is 35.5 Å². The second-order valence-electron chi connectivity index (χ2n) is 6.13. The highest BCUT2D eigenvalue weighted by Crippen LogP contribution is 2.36. The van der Waals surface area contributed by atoms with Crippen molar-refractivity contribution in [1.82, 2.24) is 4.98 Å². The molecule has 2 aromatic rings. The van der Waals surface area contributed by atoms with Gasteiger partial charge in [0.15, 0.2) is 0 Å². The van der Waals surface area contributed by atoms with E-state index in [1.54, 1.807) is 25.1 Å². The molecule has 1 aliphatic heterocycles. The van der Waals surface area contributed by atoms with Crippen molar-refractivity contribution in [2.45, 2.75) is 25.9 Å². The number of carboxylic acids is 1. The van der Waals surface area contributed by atoms with E-state index in [-0.39, 0.29) is 31.5 Å². The Bertz CT molecular complexity index is 781. The number of anilines is 1. The van der Waals surface area contributed by atoms with E-state index in [2.05, 4.69) is 4.98 Å². The number of aromatic nitrogens is 1. The number of aryl methyl sites for hydroxylation is 1. The van der Waals surface area contributed by atoms with Gasteiger partial charge in [0, 0.05) is 24.2 Å². The standard InChI is InChI=1S/C17H17F3N2O2/c1-10-8-12-9-11(16(23)24)2-3-14(12)15(21-10)22-6-4-13(5-7-22)17(18,19)20/h2-3,8-9,13H,4-7H2,1H3,(H,23,24). The van der Waals surface area contributed by atoms with Crippen LogP contribution < -0.4 is 4.90 Å². The molecule has 0 aliphatic carbocycles. The maximum Gasteiger partial charge on any atom is 0.391 e. The molecule has 2 heterocycles. The largest absolute Gasteiger partial charge is 0.478 e. The molecule has 1 aromatic heterocycles. The zero-order chi connectivity index (χ0) is 17.5. The third-order valence-corrected chi connectivity index (χ3v) is 4.44. The molecule has 7 heteroatoms. The summed E-state index contributed by atoms with van der Waals surface area (Å²) in [6.07, 6.45) is -4.05. The van der Waals surface area contributed by atoms with E-state index < -0.39 is 18.1 Å². The van der Waals surface area contributed by atoms with Crippen molar-refractivity contribution in [1.29, 1.82) is 0 Å². The highest BCUT2D eigenvalue weighted by atomic mass is 19.4. The summed E-state index contributed by atoms with van der Waals surface area (Å²) in [5.41, 5.74) is 0.882. The van der Waals surface area contributed by atoms with Gasteiger partial charge >= 0.3 is 12.1 Å². The zero-order valence-corrected chi connectivity index (χ0v) is 13.1. The molecule has 1 fully saturated rings. The van der Waals surface area contributed by atoms with Gasteiger partial charge in [-0.25, -0.2) is 9.78 Å². The Morgan fingerprint density at radius 2 is 1.92 bits per heavy atom. The van der Waals surface area contributed by atoms with Crippen LogP contribution in [0.2, 0.25) is 0 Å². The molecule has 0 unspecified atom stereocenters. The van der Waals surface area contributed by atoms with Crippen molar-refractivity contribution in [2.75, 3.05) is 18.0 Å². The lowest BCUT2D eigenvalue weighted by atomic mass is 9.96. The van der Waals surface area contributed by atoms with Gasteiger partial charge < -0.3 is 10.0 Å². The van der Waals surface area contributed by atoms with E-state index in [1.165, 1.54) is 6.07 Å². The number of fused-ring (bicyclic) bond motifs is 1. The van der Waals surface area contributed by atoms with Gasteiger partial charge in [-0.15, -0.1) is 0 Å². The minimum absolute atomic E-state index is 0.0494. The average Bonchev–Trinajstić information content (AvgIpc) is 2.52. The minimum Gasteiger partial charge on any atom is -0.478 e. The summed E-state index contributed by atoms with van der Waals surface area (Å²) in [5, 5.41) is 10.6. The normalized spacial score (nSPS) is 16.6. The lowest BCUT2D eigenvalue weighted by Gasteiger charge is -2.34. The first-order valence-electron chi connectivity index (χ1n) is 7.72. The molecular formula is C17H17F3N2O2. The SMILES string of the molecule is Cc1cc2cc(C(=O)O)ccc2c(N2CCC(C(F)(F)F)CC2)n1. The van der Waals surface area contributed by atoms with Gasteiger partial charge in [-0.05, 0) is 49.4 Å². The number of carbonyl (C=O) groups is 1. The number of aromatic carboxylic acids is 1. The molecule has 0 amide bonds. The van der Waals surface area contributed by atoms with Crippen LogP contribution in [0.4, 0.5) is 19.0 Å². The second kappa shape index (κ2) is 5.96. The summed E-state index contributed by atoms with van der Waals surface area (Å²) >= 11 is 0. The van der Waals surface area contributed by atoms with Gasteiger partial charge in [-0.3, -0.25) is 0 Å². The van der Waals surface area contributed by atoms with Crippen LogP contribution in [0.15, 0.2) is 24.3 Å². The molecular weight excluding hydrogens is 321 g/mol. The number of alkyl halides is 3. The number of rotatable bonds is 2. The first kappa shape index (κ1) is 16.5. The van der Waals surface area contributed by atoms with Crippen molar-refractivity contribution in [3.8, 4) is 0 Å². The van der Waals surface area contributed by atoms with E-state index in [4.69, 9.17) is 5.11 Å². The lowest BCUT2D eigenvalue weighted by Crippen LogP contribution is -2.39. The smallest absolute Gasteiger partial charge is 0.391 e. The number of piperidine rings is 1. The quantitative estimate of drug-likeness (QED) is 0.898. The van der Waals surface area contributed by atoms with Gasteiger partial charge in [-0.1, -0.05) is 0 Å². The zero-order valence-electron chi connectivity index (χ0n) is 13.1. The van der Waals surface area contributed by atoms with E-state index in [0.717, 1.165) is 10.8 Å². The molecule has 128 valence electrons. The topological polar surface area (TPSA) is 53.4 Å². The van der Waals surface area contributed by atoms with Crippen LogP contribution >= 0.6 is 0 Å².